The number of ether oxygens (including phenoxy) is 1. The minimum Gasteiger partial charge on any atom is -0.493 e. The standard InChI is InChI=1S/C15H23NO/c1-3-16-12(2)10-13-6-8-15(9-7-13)17-11-14-4-5-14/h6-9,12,14,16H,3-5,10-11H2,1-2H3. The van der Waals surface area contributed by atoms with E-state index in [2.05, 4.69) is 43.4 Å². The van der Waals surface area contributed by atoms with Crippen molar-refractivity contribution in [3.05, 3.63) is 29.8 Å². The molecule has 1 aliphatic rings. The number of hydrogen-bond acceptors (Lipinski definition) is 2. The lowest BCUT2D eigenvalue weighted by Crippen LogP contribution is -2.27. The minimum absolute atomic E-state index is 0.540. The van der Waals surface area contributed by atoms with Gasteiger partial charge in [0, 0.05) is 6.04 Å². The molecule has 1 atom stereocenters. The zero-order valence-electron chi connectivity index (χ0n) is 10.9. The fourth-order valence-corrected chi connectivity index (χ4v) is 1.99. The third kappa shape index (κ3) is 4.39. The molecular formula is C15H23NO. The molecule has 0 amide bonds. The predicted octanol–water partition coefficient (Wildman–Crippen LogP) is 3.02. The van der Waals surface area contributed by atoms with Gasteiger partial charge in [-0.25, -0.2) is 0 Å². The van der Waals surface area contributed by atoms with Crippen molar-refractivity contribution in [2.45, 2.75) is 39.2 Å². The summed E-state index contributed by atoms with van der Waals surface area (Å²) >= 11 is 0. The monoisotopic (exact) mass is 233 g/mol. The number of hydrogen-bond donors (Lipinski definition) is 1. The summed E-state index contributed by atoms with van der Waals surface area (Å²) < 4.78 is 5.72. The van der Waals surface area contributed by atoms with Crippen LogP contribution in [0, 0.1) is 5.92 Å². The van der Waals surface area contributed by atoms with E-state index in [4.69, 9.17) is 4.74 Å². The lowest BCUT2D eigenvalue weighted by Gasteiger charge is -2.12. The first-order valence-corrected chi connectivity index (χ1v) is 6.73. The van der Waals surface area contributed by atoms with Gasteiger partial charge in [0.15, 0.2) is 0 Å². The first-order chi connectivity index (χ1) is 8.28. The van der Waals surface area contributed by atoms with Crippen LogP contribution in [-0.2, 0) is 6.42 Å². The topological polar surface area (TPSA) is 21.3 Å². The molecular weight excluding hydrogens is 210 g/mol. The lowest BCUT2D eigenvalue weighted by molar-refractivity contribution is 0.299. The van der Waals surface area contributed by atoms with Crippen LogP contribution in [0.4, 0.5) is 0 Å². The Morgan fingerprint density at radius 2 is 2.00 bits per heavy atom. The van der Waals surface area contributed by atoms with E-state index in [0.29, 0.717) is 6.04 Å². The molecule has 1 saturated carbocycles. The molecule has 2 heteroatoms. The highest BCUT2D eigenvalue weighted by Gasteiger charge is 2.21. The Balaban J connectivity index is 1.79. The quantitative estimate of drug-likeness (QED) is 0.781. The zero-order valence-corrected chi connectivity index (χ0v) is 10.9. The SMILES string of the molecule is CCNC(C)Cc1ccc(OCC2CC2)cc1. The van der Waals surface area contributed by atoms with Crippen molar-refractivity contribution in [2.75, 3.05) is 13.2 Å². The molecule has 0 aliphatic heterocycles. The normalized spacial score (nSPS) is 16.8. The van der Waals surface area contributed by atoms with Gasteiger partial charge < -0.3 is 10.1 Å². The van der Waals surface area contributed by atoms with E-state index < -0.39 is 0 Å². The number of nitrogens with one attached hydrogen (secondary N) is 1. The van der Waals surface area contributed by atoms with E-state index in [1.54, 1.807) is 0 Å². The number of likely N-dealkylation sites (N-methyl/N-ethyl adjacent to an activating group) is 1. The van der Waals surface area contributed by atoms with Gasteiger partial charge in [-0.15, -0.1) is 0 Å². The van der Waals surface area contributed by atoms with Gasteiger partial charge >= 0.3 is 0 Å². The molecule has 0 bridgehead atoms. The number of benzene rings is 1. The van der Waals surface area contributed by atoms with Gasteiger partial charge in [-0.3, -0.25) is 0 Å². The minimum atomic E-state index is 0.540. The van der Waals surface area contributed by atoms with Gasteiger partial charge in [-0.05, 0) is 56.3 Å². The maximum atomic E-state index is 5.72. The third-order valence-electron chi connectivity index (χ3n) is 3.20. The molecule has 1 N–H and O–H groups in total. The summed E-state index contributed by atoms with van der Waals surface area (Å²) in [5.74, 6) is 1.83. The Morgan fingerprint density at radius 1 is 1.29 bits per heavy atom. The summed E-state index contributed by atoms with van der Waals surface area (Å²) in [4.78, 5) is 0. The molecule has 1 aromatic rings. The second kappa shape index (κ2) is 6.06. The Morgan fingerprint density at radius 3 is 2.59 bits per heavy atom. The van der Waals surface area contributed by atoms with E-state index in [9.17, 15) is 0 Å². The van der Waals surface area contributed by atoms with Crippen LogP contribution in [0.3, 0.4) is 0 Å². The van der Waals surface area contributed by atoms with Crippen molar-refractivity contribution in [1.29, 1.82) is 0 Å². The van der Waals surface area contributed by atoms with Crippen LogP contribution in [0.5, 0.6) is 5.75 Å². The average molecular weight is 233 g/mol. The van der Waals surface area contributed by atoms with Crippen molar-refractivity contribution in [3.8, 4) is 5.75 Å². The van der Waals surface area contributed by atoms with Crippen molar-refractivity contribution in [2.24, 2.45) is 5.92 Å². The lowest BCUT2D eigenvalue weighted by atomic mass is 10.1. The van der Waals surface area contributed by atoms with Crippen LogP contribution in [0.25, 0.3) is 0 Å². The molecule has 1 unspecified atom stereocenters. The summed E-state index contributed by atoms with van der Waals surface area (Å²) in [5.41, 5.74) is 1.37. The molecule has 1 aromatic carbocycles. The summed E-state index contributed by atoms with van der Waals surface area (Å²) in [5, 5.41) is 3.43. The van der Waals surface area contributed by atoms with Crippen molar-refractivity contribution in [3.63, 3.8) is 0 Å². The van der Waals surface area contributed by atoms with Crippen molar-refractivity contribution < 1.29 is 4.74 Å². The summed E-state index contributed by atoms with van der Waals surface area (Å²) in [6, 6.07) is 9.08. The smallest absolute Gasteiger partial charge is 0.119 e. The Labute approximate surface area is 104 Å². The zero-order chi connectivity index (χ0) is 12.1. The maximum absolute atomic E-state index is 5.72. The first kappa shape index (κ1) is 12.4. The van der Waals surface area contributed by atoms with Gasteiger partial charge in [0.1, 0.15) is 5.75 Å². The van der Waals surface area contributed by atoms with Crippen LogP contribution < -0.4 is 10.1 Å². The van der Waals surface area contributed by atoms with Crippen LogP contribution >= 0.6 is 0 Å². The second-order valence-electron chi connectivity index (χ2n) is 5.06. The average Bonchev–Trinajstić information content (AvgIpc) is 3.12. The highest BCUT2D eigenvalue weighted by Crippen LogP contribution is 2.29. The second-order valence-corrected chi connectivity index (χ2v) is 5.06. The van der Waals surface area contributed by atoms with E-state index in [1.165, 1.54) is 18.4 Å². The van der Waals surface area contributed by atoms with Gasteiger partial charge in [0.05, 0.1) is 6.61 Å². The molecule has 0 spiro atoms. The summed E-state index contributed by atoms with van der Waals surface area (Å²) in [7, 11) is 0. The number of rotatable bonds is 7. The van der Waals surface area contributed by atoms with Crippen molar-refractivity contribution >= 4 is 0 Å². The Bertz CT molecular complexity index is 329. The summed E-state index contributed by atoms with van der Waals surface area (Å²) in [6.45, 7) is 6.29. The molecule has 0 heterocycles. The van der Waals surface area contributed by atoms with Crippen molar-refractivity contribution in [1.82, 2.24) is 5.32 Å². The van der Waals surface area contributed by atoms with Gasteiger partial charge in [-0.2, -0.15) is 0 Å². The van der Waals surface area contributed by atoms with Crippen LogP contribution in [0.1, 0.15) is 32.3 Å². The van der Waals surface area contributed by atoms with Gasteiger partial charge in [0.2, 0.25) is 0 Å². The highest BCUT2D eigenvalue weighted by molar-refractivity contribution is 5.27. The molecule has 17 heavy (non-hydrogen) atoms. The molecule has 0 radical (unpaired) electrons. The van der Waals surface area contributed by atoms with Gasteiger partial charge in [0.25, 0.3) is 0 Å². The first-order valence-electron chi connectivity index (χ1n) is 6.73. The van der Waals surface area contributed by atoms with E-state index in [1.807, 2.05) is 0 Å². The third-order valence-corrected chi connectivity index (χ3v) is 3.20. The summed E-state index contributed by atoms with van der Waals surface area (Å²) in [6.07, 6.45) is 3.77. The molecule has 1 fully saturated rings. The predicted molar refractivity (Wildman–Crippen MR) is 71.5 cm³/mol. The fourth-order valence-electron chi connectivity index (χ4n) is 1.99. The molecule has 0 aromatic heterocycles. The Kier molecular flexibility index (Phi) is 4.43. The van der Waals surface area contributed by atoms with E-state index >= 15 is 0 Å². The molecule has 2 rings (SSSR count). The highest BCUT2D eigenvalue weighted by atomic mass is 16.5. The molecule has 94 valence electrons. The van der Waals surface area contributed by atoms with Crippen LogP contribution in [0.15, 0.2) is 24.3 Å². The van der Waals surface area contributed by atoms with E-state index in [-0.39, 0.29) is 0 Å². The maximum Gasteiger partial charge on any atom is 0.119 e. The molecule has 2 nitrogen and oxygen atoms in total. The fraction of sp³-hybridized carbons (Fsp3) is 0.600. The van der Waals surface area contributed by atoms with Crippen LogP contribution in [-0.4, -0.2) is 19.2 Å². The largest absolute Gasteiger partial charge is 0.493 e. The molecule has 0 saturated heterocycles. The van der Waals surface area contributed by atoms with Crippen LogP contribution in [0.2, 0.25) is 0 Å². The molecule has 1 aliphatic carbocycles. The van der Waals surface area contributed by atoms with Gasteiger partial charge in [-0.1, -0.05) is 19.1 Å². The van der Waals surface area contributed by atoms with E-state index in [0.717, 1.165) is 31.2 Å². The Hall–Kier alpha value is -1.02.